The highest BCUT2D eigenvalue weighted by Gasteiger charge is 2.16. The van der Waals surface area contributed by atoms with Crippen LogP contribution in [0.1, 0.15) is 17.5 Å². The van der Waals surface area contributed by atoms with Crippen molar-refractivity contribution in [2.24, 2.45) is 0 Å². The molecule has 0 saturated carbocycles. The van der Waals surface area contributed by atoms with Crippen LogP contribution in [0.3, 0.4) is 0 Å². The molecule has 0 fully saturated rings. The van der Waals surface area contributed by atoms with Gasteiger partial charge in [-0.3, -0.25) is 4.90 Å². The van der Waals surface area contributed by atoms with Gasteiger partial charge >= 0.3 is 0 Å². The summed E-state index contributed by atoms with van der Waals surface area (Å²) in [5, 5.41) is 10.5. The fraction of sp³-hybridized carbons (Fsp3) is 0.478. The number of ether oxygens (including phenoxy) is 4. The summed E-state index contributed by atoms with van der Waals surface area (Å²) in [4.78, 5) is 2.19. The predicted molar refractivity (Wildman–Crippen MR) is 113 cm³/mol. The Morgan fingerprint density at radius 2 is 1.76 bits per heavy atom. The summed E-state index contributed by atoms with van der Waals surface area (Å²) in [7, 11) is 4.97. The molecule has 0 amide bonds. The second kappa shape index (κ2) is 13.2. The zero-order valence-corrected chi connectivity index (χ0v) is 17.7. The summed E-state index contributed by atoms with van der Waals surface area (Å²) < 4.78 is 21.8. The Balaban J connectivity index is 1.94. The van der Waals surface area contributed by atoms with Crippen LogP contribution in [0.5, 0.6) is 11.5 Å². The summed E-state index contributed by atoms with van der Waals surface area (Å²) in [6, 6.07) is 15.8. The van der Waals surface area contributed by atoms with Crippen molar-refractivity contribution < 1.29 is 24.1 Å². The molecule has 0 aliphatic heterocycles. The number of rotatable bonds is 14. The van der Waals surface area contributed by atoms with E-state index >= 15 is 0 Å². The van der Waals surface area contributed by atoms with E-state index in [0.717, 1.165) is 29.8 Å². The number of aliphatic hydroxyl groups excluding tert-OH is 1. The van der Waals surface area contributed by atoms with Crippen LogP contribution in [0, 0.1) is 0 Å². The Bertz CT molecular complexity index is 695. The monoisotopic (exact) mass is 403 g/mol. The summed E-state index contributed by atoms with van der Waals surface area (Å²) in [6.07, 6.45) is 0.290. The van der Waals surface area contributed by atoms with Gasteiger partial charge < -0.3 is 24.1 Å². The lowest BCUT2D eigenvalue weighted by Gasteiger charge is -2.26. The average Bonchev–Trinajstić information content (AvgIpc) is 2.74. The first-order valence-corrected chi connectivity index (χ1v) is 9.88. The third kappa shape index (κ3) is 8.03. The molecule has 160 valence electrons. The topological polar surface area (TPSA) is 60.4 Å². The number of para-hydroxylation sites is 1. The minimum absolute atomic E-state index is 0.283. The molecule has 0 aliphatic carbocycles. The van der Waals surface area contributed by atoms with Gasteiger partial charge in [0.25, 0.3) is 0 Å². The molecular formula is C23H33NO5. The summed E-state index contributed by atoms with van der Waals surface area (Å²) in [5.74, 6) is 1.43. The van der Waals surface area contributed by atoms with Gasteiger partial charge in [0.1, 0.15) is 0 Å². The van der Waals surface area contributed by atoms with E-state index in [4.69, 9.17) is 18.9 Å². The molecule has 6 heteroatoms. The third-order valence-electron chi connectivity index (χ3n) is 4.59. The third-order valence-corrected chi connectivity index (χ3v) is 4.59. The van der Waals surface area contributed by atoms with E-state index in [1.54, 1.807) is 21.3 Å². The van der Waals surface area contributed by atoms with Gasteiger partial charge in [-0.25, -0.2) is 0 Å². The molecule has 0 aliphatic rings. The first-order chi connectivity index (χ1) is 14.2. The fourth-order valence-electron chi connectivity index (χ4n) is 3.22. The number of hydrogen-bond donors (Lipinski definition) is 1. The van der Waals surface area contributed by atoms with Crippen LogP contribution in [-0.4, -0.2) is 63.7 Å². The standard InChI is InChI=1S/C23H33NO5/c1-26-14-8-13-24(15-20-11-7-12-22(27-2)23(20)28-3)16-21(25)18-29-17-19-9-5-4-6-10-19/h4-7,9-12,21,25H,8,13-18H2,1-3H3. The van der Waals surface area contributed by atoms with E-state index in [0.29, 0.717) is 32.1 Å². The van der Waals surface area contributed by atoms with Gasteiger partial charge in [-0.05, 0) is 18.1 Å². The number of aliphatic hydroxyl groups is 1. The van der Waals surface area contributed by atoms with Crippen molar-refractivity contribution in [1.82, 2.24) is 4.90 Å². The molecule has 0 spiro atoms. The molecule has 6 nitrogen and oxygen atoms in total. The Morgan fingerprint density at radius 3 is 2.45 bits per heavy atom. The molecule has 0 bridgehead atoms. The minimum Gasteiger partial charge on any atom is -0.493 e. The molecule has 2 rings (SSSR count). The Kier molecular flexibility index (Phi) is 10.5. The summed E-state index contributed by atoms with van der Waals surface area (Å²) >= 11 is 0. The highest BCUT2D eigenvalue weighted by molar-refractivity contribution is 5.46. The van der Waals surface area contributed by atoms with Crippen molar-refractivity contribution in [2.45, 2.75) is 25.7 Å². The smallest absolute Gasteiger partial charge is 0.165 e. The maximum absolute atomic E-state index is 10.5. The van der Waals surface area contributed by atoms with Crippen LogP contribution in [0.15, 0.2) is 48.5 Å². The summed E-state index contributed by atoms with van der Waals surface area (Å²) in [6.45, 7) is 3.38. The van der Waals surface area contributed by atoms with Crippen molar-refractivity contribution in [3.8, 4) is 11.5 Å². The molecule has 2 aromatic rings. The Morgan fingerprint density at radius 1 is 0.966 bits per heavy atom. The van der Waals surface area contributed by atoms with Crippen LogP contribution in [0.2, 0.25) is 0 Å². The molecule has 0 saturated heterocycles. The first kappa shape index (κ1) is 23.2. The molecule has 1 atom stereocenters. The van der Waals surface area contributed by atoms with Crippen LogP contribution in [-0.2, 0) is 22.6 Å². The van der Waals surface area contributed by atoms with Crippen LogP contribution in [0.4, 0.5) is 0 Å². The Labute approximate surface area is 174 Å². The fourth-order valence-corrected chi connectivity index (χ4v) is 3.22. The van der Waals surface area contributed by atoms with Crippen LogP contribution < -0.4 is 9.47 Å². The van der Waals surface area contributed by atoms with Crippen LogP contribution in [0.25, 0.3) is 0 Å². The lowest BCUT2D eigenvalue weighted by atomic mass is 10.1. The SMILES string of the molecule is COCCCN(Cc1cccc(OC)c1OC)CC(O)COCc1ccccc1. The van der Waals surface area contributed by atoms with Gasteiger partial charge in [0.05, 0.1) is 33.5 Å². The quantitative estimate of drug-likeness (QED) is 0.489. The first-order valence-electron chi connectivity index (χ1n) is 9.88. The van der Waals surface area contributed by atoms with Crippen molar-refractivity contribution in [1.29, 1.82) is 0 Å². The molecule has 1 unspecified atom stereocenters. The van der Waals surface area contributed by atoms with Gasteiger partial charge in [-0.15, -0.1) is 0 Å². The van der Waals surface area contributed by atoms with E-state index in [1.165, 1.54) is 0 Å². The largest absolute Gasteiger partial charge is 0.493 e. The number of benzene rings is 2. The van der Waals surface area contributed by atoms with E-state index in [9.17, 15) is 5.11 Å². The number of methoxy groups -OCH3 is 3. The highest BCUT2D eigenvalue weighted by Crippen LogP contribution is 2.31. The maximum Gasteiger partial charge on any atom is 0.165 e. The molecule has 2 aromatic carbocycles. The zero-order valence-electron chi connectivity index (χ0n) is 17.7. The highest BCUT2D eigenvalue weighted by atomic mass is 16.5. The molecule has 1 N–H and O–H groups in total. The molecule has 29 heavy (non-hydrogen) atoms. The average molecular weight is 404 g/mol. The van der Waals surface area contributed by atoms with Gasteiger partial charge in [-0.1, -0.05) is 42.5 Å². The van der Waals surface area contributed by atoms with E-state index in [1.807, 2.05) is 48.5 Å². The van der Waals surface area contributed by atoms with E-state index < -0.39 is 6.10 Å². The molecule has 0 aromatic heterocycles. The van der Waals surface area contributed by atoms with Gasteiger partial charge in [0.2, 0.25) is 0 Å². The lowest BCUT2D eigenvalue weighted by Crippen LogP contribution is -2.35. The number of hydrogen-bond acceptors (Lipinski definition) is 6. The number of nitrogens with zero attached hydrogens (tertiary/aromatic N) is 1. The van der Waals surface area contributed by atoms with E-state index in [-0.39, 0.29) is 6.61 Å². The lowest BCUT2D eigenvalue weighted by molar-refractivity contribution is 0.00727. The molecule has 0 heterocycles. The van der Waals surface area contributed by atoms with Gasteiger partial charge in [0.15, 0.2) is 11.5 Å². The second-order valence-electron chi connectivity index (χ2n) is 6.89. The zero-order chi connectivity index (χ0) is 20.9. The van der Waals surface area contributed by atoms with Gasteiger partial charge in [-0.2, -0.15) is 0 Å². The van der Waals surface area contributed by atoms with Crippen LogP contribution >= 0.6 is 0 Å². The van der Waals surface area contributed by atoms with Crippen molar-refractivity contribution >= 4 is 0 Å². The van der Waals surface area contributed by atoms with Crippen molar-refractivity contribution in [3.05, 3.63) is 59.7 Å². The van der Waals surface area contributed by atoms with Gasteiger partial charge in [0, 0.05) is 38.9 Å². The summed E-state index contributed by atoms with van der Waals surface area (Å²) in [5.41, 5.74) is 2.11. The molecular weight excluding hydrogens is 370 g/mol. The van der Waals surface area contributed by atoms with Crippen molar-refractivity contribution in [3.63, 3.8) is 0 Å². The van der Waals surface area contributed by atoms with E-state index in [2.05, 4.69) is 4.90 Å². The minimum atomic E-state index is -0.585. The predicted octanol–water partition coefficient (Wildman–Crippen LogP) is 3.12. The van der Waals surface area contributed by atoms with Crippen molar-refractivity contribution in [2.75, 3.05) is 47.6 Å². The maximum atomic E-state index is 10.5. The normalized spacial score (nSPS) is 12.2. The second-order valence-corrected chi connectivity index (χ2v) is 6.89. The Hall–Kier alpha value is -2.12. The molecule has 0 radical (unpaired) electrons.